The zero-order chi connectivity index (χ0) is 15.2. The number of hydrogen-bond acceptors (Lipinski definition) is 2. The van der Waals surface area contributed by atoms with Gasteiger partial charge in [0.05, 0.1) is 10.0 Å². The molecule has 0 bridgehead atoms. The molecule has 4 heteroatoms. The van der Waals surface area contributed by atoms with E-state index in [1.54, 1.807) is 0 Å². The minimum atomic E-state index is 0.635. The minimum absolute atomic E-state index is 0.635. The van der Waals surface area contributed by atoms with Crippen LogP contribution in [-0.4, -0.2) is 42.5 Å². The molecule has 0 N–H and O–H groups in total. The molecule has 1 aliphatic rings. The number of benzene rings is 1. The normalized spacial score (nSPS) is 17.6. The summed E-state index contributed by atoms with van der Waals surface area (Å²) in [6.45, 7) is 11.5. The Morgan fingerprint density at radius 3 is 2.29 bits per heavy atom. The maximum absolute atomic E-state index is 6.08. The van der Waals surface area contributed by atoms with Crippen molar-refractivity contribution in [3.8, 4) is 0 Å². The van der Waals surface area contributed by atoms with Gasteiger partial charge in [-0.3, -0.25) is 4.90 Å². The van der Waals surface area contributed by atoms with Crippen molar-refractivity contribution >= 4 is 23.2 Å². The van der Waals surface area contributed by atoms with Crippen molar-refractivity contribution in [3.05, 3.63) is 33.8 Å². The molecule has 0 saturated carbocycles. The van der Waals surface area contributed by atoms with Gasteiger partial charge < -0.3 is 4.90 Å². The highest BCUT2D eigenvalue weighted by Gasteiger charge is 2.16. The molecule has 0 aliphatic carbocycles. The third kappa shape index (κ3) is 5.78. The summed E-state index contributed by atoms with van der Waals surface area (Å²) in [6.07, 6.45) is 2.66. The summed E-state index contributed by atoms with van der Waals surface area (Å²) in [5, 5.41) is 1.29. The molecule has 118 valence electrons. The second-order valence-corrected chi connectivity index (χ2v) is 7.22. The van der Waals surface area contributed by atoms with E-state index in [0.29, 0.717) is 10.0 Å². The van der Waals surface area contributed by atoms with Crippen LogP contribution in [0.5, 0.6) is 0 Å². The summed E-state index contributed by atoms with van der Waals surface area (Å²) in [4.78, 5) is 5.09. The van der Waals surface area contributed by atoms with Crippen molar-refractivity contribution in [3.63, 3.8) is 0 Å². The van der Waals surface area contributed by atoms with Gasteiger partial charge in [-0.1, -0.05) is 43.1 Å². The summed E-state index contributed by atoms with van der Waals surface area (Å²) in [5.41, 5.74) is 1.25. The fraction of sp³-hybridized carbons (Fsp3) is 0.647. The van der Waals surface area contributed by atoms with Gasteiger partial charge in [0.1, 0.15) is 0 Å². The number of nitrogens with zero attached hydrogens (tertiary/aromatic N) is 2. The minimum Gasteiger partial charge on any atom is -0.301 e. The SMILES string of the molecule is CC(C)CCCN1CCN(Cc2ccc(Cl)c(Cl)c2)CC1. The highest BCUT2D eigenvalue weighted by atomic mass is 35.5. The Bertz CT molecular complexity index is 440. The summed E-state index contributed by atoms with van der Waals surface area (Å²) >= 11 is 12.0. The summed E-state index contributed by atoms with van der Waals surface area (Å²) in [7, 11) is 0. The molecule has 2 nitrogen and oxygen atoms in total. The molecule has 0 amide bonds. The van der Waals surface area contributed by atoms with E-state index < -0.39 is 0 Å². The third-order valence-corrected chi connectivity index (χ3v) is 4.85. The smallest absolute Gasteiger partial charge is 0.0595 e. The van der Waals surface area contributed by atoms with Crippen molar-refractivity contribution in [2.24, 2.45) is 5.92 Å². The van der Waals surface area contributed by atoms with Gasteiger partial charge in [-0.05, 0) is 43.0 Å². The van der Waals surface area contributed by atoms with Crippen molar-refractivity contribution in [2.45, 2.75) is 33.2 Å². The predicted molar refractivity (Wildman–Crippen MR) is 92.3 cm³/mol. The lowest BCUT2D eigenvalue weighted by molar-refractivity contribution is 0.125. The van der Waals surface area contributed by atoms with Crippen LogP contribution in [0.1, 0.15) is 32.3 Å². The van der Waals surface area contributed by atoms with E-state index >= 15 is 0 Å². The van der Waals surface area contributed by atoms with Crippen LogP contribution >= 0.6 is 23.2 Å². The predicted octanol–water partition coefficient (Wildman–Crippen LogP) is 4.55. The van der Waals surface area contributed by atoms with Crippen LogP contribution in [-0.2, 0) is 6.54 Å². The van der Waals surface area contributed by atoms with Gasteiger partial charge in [0.2, 0.25) is 0 Å². The molecule has 0 spiro atoms. The molecule has 0 aromatic heterocycles. The van der Waals surface area contributed by atoms with Crippen molar-refractivity contribution in [1.82, 2.24) is 9.80 Å². The average molecular weight is 329 g/mol. The Balaban J connectivity index is 1.72. The van der Waals surface area contributed by atoms with Crippen LogP contribution < -0.4 is 0 Å². The molecule has 21 heavy (non-hydrogen) atoms. The number of piperazine rings is 1. The molecule has 1 saturated heterocycles. The molecule has 1 aromatic rings. The largest absolute Gasteiger partial charge is 0.301 e. The number of rotatable bonds is 6. The van der Waals surface area contributed by atoms with E-state index in [0.717, 1.165) is 25.6 Å². The molecule has 1 heterocycles. The lowest BCUT2D eigenvalue weighted by atomic mass is 10.1. The average Bonchev–Trinajstić information content (AvgIpc) is 2.44. The Labute approximate surface area is 139 Å². The summed E-state index contributed by atoms with van der Waals surface area (Å²) in [5.74, 6) is 0.820. The fourth-order valence-corrected chi connectivity index (χ4v) is 3.11. The van der Waals surface area contributed by atoms with Crippen molar-refractivity contribution in [2.75, 3.05) is 32.7 Å². The van der Waals surface area contributed by atoms with Gasteiger partial charge in [-0.25, -0.2) is 0 Å². The van der Waals surface area contributed by atoms with E-state index in [1.165, 1.54) is 38.0 Å². The highest BCUT2D eigenvalue weighted by Crippen LogP contribution is 2.23. The van der Waals surface area contributed by atoms with Gasteiger partial charge in [0.25, 0.3) is 0 Å². The van der Waals surface area contributed by atoms with Gasteiger partial charge in [0, 0.05) is 32.7 Å². The fourth-order valence-electron chi connectivity index (χ4n) is 2.79. The molecule has 1 aromatic carbocycles. The van der Waals surface area contributed by atoms with Gasteiger partial charge in [-0.15, -0.1) is 0 Å². The van der Waals surface area contributed by atoms with Crippen LogP contribution in [0, 0.1) is 5.92 Å². The lowest BCUT2D eigenvalue weighted by Gasteiger charge is -2.34. The van der Waals surface area contributed by atoms with Gasteiger partial charge >= 0.3 is 0 Å². The van der Waals surface area contributed by atoms with Crippen LogP contribution in [0.3, 0.4) is 0 Å². The summed E-state index contributed by atoms with van der Waals surface area (Å²) < 4.78 is 0. The number of halogens is 2. The molecule has 2 rings (SSSR count). The standard InChI is InChI=1S/C17H26Cl2N2/c1-14(2)4-3-7-20-8-10-21(11-9-20)13-15-5-6-16(18)17(19)12-15/h5-6,12,14H,3-4,7-11,13H2,1-2H3. The summed E-state index contributed by atoms with van der Waals surface area (Å²) in [6, 6.07) is 5.95. The topological polar surface area (TPSA) is 6.48 Å². The molecular weight excluding hydrogens is 303 g/mol. The number of hydrogen-bond donors (Lipinski definition) is 0. The van der Waals surface area contributed by atoms with Crippen molar-refractivity contribution < 1.29 is 0 Å². The zero-order valence-corrected chi connectivity index (χ0v) is 14.6. The molecular formula is C17H26Cl2N2. The second kappa shape index (κ2) is 8.38. The Morgan fingerprint density at radius 2 is 1.67 bits per heavy atom. The quantitative estimate of drug-likeness (QED) is 0.756. The molecule has 0 unspecified atom stereocenters. The first-order chi connectivity index (χ1) is 10.0. The monoisotopic (exact) mass is 328 g/mol. The van der Waals surface area contributed by atoms with Crippen LogP contribution in [0.4, 0.5) is 0 Å². The van der Waals surface area contributed by atoms with Crippen molar-refractivity contribution in [1.29, 1.82) is 0 Å². The maximum Gasteiger partial charge on any atom is 0.0595 e. The van der Waals surface area contributed by atoms with E-state index in [9.17, 15) is 0 Å². The maximum atomic E-state index is 6.08. The first-order valence-electron chi connectivity index (χ1n) is 7.93. The van der Waals surface area contributed by atoms with E-state index in [2.05, 4.69) is 29.7 Å². The molecule has 0 radical (unpaired) electrons. The molecule has 1 aliphatic heterocycles. The van der Waals surface area contributed by atoms with Crippen LogP contribution in [0.15, 0.2) is 18.2 Å². The van der Waals surface area contributed by atoms with E-state index in [1.807, 2.05) is 12.1 Å². The third-order valence-electron chi connectivity index (χ3n) is 4.11. The van der Waals surface area contributed by atoms with Gasteiger partial charge in [0.15, 0.2) is 0 Å². The van der Waals surface area contributed by atoms with Crippen LogP contribution in [0.2, 0.25) is 10.0 Å². The van der Waals surface area contributed by atoms with E-state index in [4.69, 9.17) is 23.2 Å². The van der Waals surface area contributed by atoms with Gasteiger partial charge in [-0.2, -0.15) is 0 Å². The first-order valence-corrected chi connectivity index (χ1v) is 8.69. The first kappa shape index (κ1) is 17.1. The highest BCUT2D eigenvalue weighted by molar-refractivity contribution is 6.42. The second-order valence-electron chi connectivity index (χ2n) is 6.40. The zero-order valence-electron chi connectivity index (χ0n) is 13.1. The lowest BCUT2D eigenvalue weighted by Crippen LogP contribution is -2.46. The molecule has 1 fully saturated rings. The Hall–Kier alpha value is -0.280. The van der Waals surface area contributed by atoms with E-state index in [-0.39, 0.29) is 0 Å². The Morgan fingerprint density at radius 1 is 1.00 bits per heavy atom. The molecule has 0 atom stereocenters. The van der Waals surface area contributed by atoms with Crippen LogP contribution in [0.25, 0.3) is 0 Å². The Kier molecular flexibility index (Phi) is 6.81.